The van der Waals surface area contributed by atoms with Crippen molar-refractivity contribution in [1.29, 1.82) is 0 Å². The van der Waals surface area contributed by atoms with Gasteiger partial charge in [-0.1, -0.05) is 25.5 Å². The molecular formula is C21H26N4O2. The largest absolute Gasteiger partial charge is 0.347 e. The summed E-state index contributed by atoms with van der Waals surface area (Å²) in [6, 6.07) is 7.35. The zero-order valence-electron chi connectivity index (χ0n) is 16.2. The molecule has 0 radical (unpaired) electrons. The summed E-state index contributed by atoms with van der Waals surface area (Å²) in [5.41, 5.74) is 3.61. The second-order valence-electron chi connectivity index (χ2n) is 6.93. The zero-order chi connectivity index (χ0) is 19.4. The fourth-order valence-corrected chi connectivity index (χ4v) is 3.42. The van der Waals surface area contributed by atoms with E-state index in [0.717, 1.165) is 35.5 Å². The monoisotopic (exact) mass is 366 g/mol. The normalized spacial score (nSPS) is 16.6. The molecule has 2 amide bonds. The van der Waals surface area contributed by atoms with Crippen LogP contribution < -0.4 is 5.32 Å². The Morgan fingerprint density at radius 3 is 2.63 bits per heavy atom. The molecule has 6 heteroatoms. The molecule has 0 aliphatic carbocycles. The van der Waals surface area contributed by atoms with Crippen LogP contribution in [0.25, 0.3) is 11.3 Å². The zero-order valence-corrected chi connectivity index (χ0v) is 16.2. The van der Waals surface area contributed by atoms with Crippen molar-refractivity contribution in [2.24, 2.45) is 0 Å². The second kappa shape index (κ2) is 8.29. The van der Waals surface area contributed by atoms with E-state index in [1.54, 1.807) is 4.90 Å². The van der Waals surface area contributed by atoms with Gasteiger partial charge < -0.3 is 10.2 Å². The van der Waals surface area contributed by atoms with E-state index in [4.69, 9.17) is 0 Å². The van der Waals surface area contributed by atoms with Gasteiger partial charge >= 0.3 is 0 Å². The van der Waals surface area contributed by atoms with Crippen LogP contribution in [0.3, 0.4) is 0 Å². The number of nitrogens with one attached hydrogen (secondary N) is 1. The summed E-state index contributed by atoms with van der Waals surface area (Å²) in [4.78, 5) is 35.0. The van der Waals surface area contributed by atoms with Gasteiger partial charge in [0.1, 0.15) is 5.82 Å². The molecule has 1 aromatic carbocycles. The Labute approximate surface area is 160 Å². The van der Waals surface area contributed by atoms with Crippen LogP contribution >= 0.6 is 0 Å². The smallest absolute Gasteiger partial charge is 0.251 e. The van der Waals surface area contributed by atoms with Crippen molar-refractivity contribution >= 4 is 11.8 Å². The number of carbonyl (C=O) groups excluding carboxylic acids is 2. The first-order valence-electron chi connectivity index (χ1n) is 9.53. The van der Waals surface area contributed by atoms with E-state index < -0.39 is 0 Å². The molecular weight excluding hydrogens is 340 g/mol. The molecule has 2 heterocycles. The third-order valence-electron chi connectivity index (χ3n) is 4.86. The topological polar surface area (TPSA) is 75.2 Å². The Kier molecular flexibility index (Phi) is 5.84. The summed E-state index contributed by atoms with van der Waals surface area (Å²) in [5.74, 6) is 0.684. The van der Waals surface area contributed by atoms with E-state index >= 15 is 0 Å². The number of likely N-dealkylation sites (tertiary alicyclic amines) is 1. The Morgan fingerprint density at radius 1 is 1.26 bits per heavy atom. The van der Waals surface area contributed by atoms with Gasteiger partial charge in [-0.15, -0.1) is 0 Å². The minimum atomic E-state index is -0.148. The third kappa shape index (κ3) is 4.32. The van der Waals surface area contributed by atoms with Crippen molar-refractivity contribution in [3.05, 3.63) is 47.4 Å². The van der Waals surface area contributed by atoms with Gasteiger partial charge in [0.25, 0.3) is 5.91 Å². The van der Waals surface area contributed by atoms with Gasteiger partial charge in [0, 0.05) is 36.8 Å². The highest BCUT2D eigenvalue weighted by Crippen LogP contribution is 2.23. The maximum atomic E-state index is 12.5. The van der Waals surface area contributed by atoms with Gasteiger partial charge in [-0.3, -0.25) is 9.59 Å². The number of nitrogens with zero attached hydrogens (tertiary/aromatic N) is 3. The van der Waals surface area contributed by atoms with Crippen LogP contribution in [0, 0.1) is 6.92 Å². The standard InChI is InChI=1S/C21H26N4O2/c1-4-6-17-12-22-14(3)23-20(17)15-7-9-16(10-8-15)21(27)24-18-11-19(26)25(5-2)13-18/h7-10,12,18H,4-6,11,13H2,1-3H3,(H,24,27). The van der Waals surface area contributed by atoms with Gasteiger partial charge in [0.05, 0.1) is 11.7 Å². The molecule has 1 aromatic heterocycles. The highest BCUT2D eigenvalue weighted by atomic mass is 16.2. The molecule has 1 N–H and O–H groups in total. The van der Waals surface area contributed by atoms with Crippen LogP contribution in [0.4, 0.5) is 0 Å². The number of aryl methyl sites for hydroxylation is 2. The van der Waals surface area contributed by atoms with Gasteiger partial charge in [-0.25, -0.2) is 9.97 Å². The highest BCUT2D eigenvalue weighted by Gasteiger charge is 2.29. The van der Waals surface area contributed by atoms with Crippen LogP contribution in [-0.2, 0) is 11.2 Å². The Morgan fingerprint density at radius 2 is 2.00 bits per heavy atom. The molecule has 3 rings (SSSR count). The van der Waals surface area contributed by atoms with Crippen molar-refractivity contribution in [2.45, 2.75) is 46.1 Å². The first-order valence-corrected chi connectivity index (χ1v) is 9.53. The minimum Gasteiger partial charge on any atom is -0.347 e. The molecule has 6 nitrogen and oxygen atoms in total. The van der Waals surface area contributed by atoms with Crippen LogP contribution in [0.2, 0.25) is 0 Å². The summed E-state index contributed by atoms with van der Waals surface area (Å²) < 4.78 is 0. The summed E-state index contributed by atoms with van der Waals surface area (Å²) in [6.45, 7) is 7.22. The molecule has 1 atom stereocenters. The van der Waals surface area contributed by atoms with Crippen LogP contribution in [0.1, 0.15) is 48.4 Å². The number of hydrogen-bond acceptors (Lipinski definition) is 4. The average molecular weight is 366 g/mol. The second-order valence-corrected chi connectivity index (χ2v) is 6.93. The van der Waals surface area contributed by atoms with Crippen LogP contribution in [0.15, 0.2) is 30.5 Å². The first-order chi connectivity index (χ1) is 13.0. The predicted octanol–water partition coefficient (Wildman–Crippen LogP) is 2.76. The number of benzene rings is 1. The number of carbonyl (C=O) groups is 2. The van der Waals surface area contributed by atoms with Gasteiger partial charge in [-0.2, -0.15) is 0 Å². The van der Waals surface area contributed by atoms with Gasteiger partial charge in [0.2, 0.25) is 5.91 Å². The van der Waals surface area contributed by atoms with Crippen LogP contribution in [0.5, 0.6) is 0 Å². The SMILES string of the molecule is CCCc1cnc(C)nc1-c1ccc(C(=O)NC2CC(=O)N(CC)C2)cc1. The molecule has 1 saturated heterocycles. The van der Waals surface area contributed by atoms with Crippen molar-refractivity contribution in [1.82, 2.24) is 20.2 Å². The number of hydrogen-bond donors (Lipinski definition) is 1. The summed E-state index contributed by atoms with van der Waals surface area (Å²) >= 11 is 0. The van der Waals surface area contributed by atoms with E-state index in [1.165, 1.54) is 0 Å². The van der Waals surface area contributed by atoms with Gasteiger partial charge in [-0.05, 0) is 38.0 Å². The maximum absolute atomic E-state index is 12.5. The summed E-state index contributed by atoms with van der Waals surface area (Å²) in [6.07, 6.45) is 4.20. The Balaban J connectivity index is 1.73. The quantitative estimate of drug-likeness (QED) is 0.853. The van der Waals surface area contributed by atoms with E-state index in [-0.39, 0.29) is 17.9 Å². The number of aromatic nitrogens is 2. The average Bonchev–Trinajstić information content (AvgIpc) is 3.02. The lowest BCUT2D eigenvalue weighted by Gasteiger charge is -2.15. The van der Waals surface area contributed by atoms with Crippen LogP contribution in [-0.4, -0.2) is 45.8 Å². The fraction of sp³-hybridized carbons (Fsp3) is 0.429. The van der Waals surface area contributed by atoms with E-state index in [0.29, 0.717) is 25.1 Å². The van der Waals surface area contributed by atoms with Crippen molar-refractivity contribution in [3.8, 4) is 11.3 Å². The molecule has 1 fully saturated rings. The van der Waals surface area contributed by atoms with E-state index in [9.17, 15) is 9.59 Å². The summed E-state index contributed by atoms with van der Waals surface area (Å²) in [7, 11) is 0. The van der Waals surface area contributed by atoms with E-state index in [1.807, 2.05) is 44.3 Å². The molecule has 0 bridgehead atoms. The fourth-order valence-electron chi connectivity index (χ4n) is 3.42. The van der Waals surface area contributed by atoms with Crippen molar-refractivity contribution < 1.29 is 9.59 Å². The number of likely N-dealkylation sites (N-methyl/N-ethyl adjacent to an activating group) is 1. The Hall–Kier alpha value is -2.76. The highest BCUT2D eigenvalue weighted by molar-refractivity contribution is 5.95. The Bertz CT molecular complexity index is 833. The number of rotatable bonds is 6. The summed E-state index contributed by atoms with van der Waals surface area (Å²) in [5, 5.41) is 2.96. The minimum absolute atomic E-state index is 0.0979. The maximum Gasteiger partial charge on any atom is 0.251 e. The number of amides is 2. The van der Waals surface area contributed by atoms with Crippen molar-refractivity contribution in [3.63, 3.8) is 0 Å². The van der Waals surface area contributed by atoms with Crippen molar-refractivity contribution in [2.75, 3.05) is 13.1 Å². The molecule has 27 heavy (non-hydrogen) atoms. The molecule has 142 valence electrons. The molecule has 0 spiro atoms. The molecule has 1 unspecified atom stereocenters. The molecule has 1 aliphatic rings. The molecule has 0 saturated carbocycles. The lowest BCUT2D eigenvalue weighted by Crippen LogP contribution is -2.37. The van der Waals surface area contributed by atoms with Gasteiger partial charge in [0.15, 0.2) is 0 Å². The lowest BCUT2D eigenvalue weighted by molar-refractivity contribution is -0.127. The molecule has 1 aliphatic heterocycles. The lowest BCUT2D eigenvalue weighted by atomic mass is 10.0. The molecule has 2 aromatic rings. The predicted molar refractivity (Wildman–Crippen MR) is 104 cm³/mol. The first kappa shape index (κ1) is 19.0. The third-order valence-corrected chi connectivity index (χ3v) is 4.86. The van der Waals surface area contributed by atoms with E-state index in [2.05, 4.69) is 22.2 Å².